The highest BCUT2D eigenvalue weighted by atomic mass is 35.5. The first-order valence-electron chi connectivity index (χ1n) is 5.26. The van der Waals surface area contributed by atoms with Gasteiger partial charge in [0.1, 0.15) is 9.84 Å². The topological polar surface area (TPSA) is 52.0 Å². The molecule has 0 bridgehead atoms. The molecule has 0 fully saturated rings. The summed E-state index contributed by atoms with van der Waals surface area (Å²) in [4.78, 5) is 0. The van der Waals surface area contributed by atoms with Crippen molar-refractivity contribution < 1.29 is 8.42 Å². The van der Waals surface area contributed by atoms with Crippen LogP contribution in [-0.4, -0.2) is 30.2 Å². The molecule has 0 saturated carbocycles. The minimum Gasteiger partial charge on any atom is -0.272 e. The van der Waals surface area contributed by atoms with E-state index in [0.29, 0.717) is 13.0 Å². The number of hydrogen-bond acceptors (Lipinski definition) is 3. The summed E-state index contributed by atoms with van der Waals surface area (Å²) < 4.78 is 23.6. The molecule has 0 saturated heterocycles. The van der Waals surface area contributed by atoms with Crippen molar-refractivity contribution in [3.63, 3.8) is 0 Å². The Hall–Kier alpha value is -0.550. The number of sulfone groups is 1. The molecule has 6 heteroatoms. The molecule has 1 unspecified atom stereocenters. The molecule has 1 atom stereocenters. The van der Waals surface area contributed by atoms with Crippen LogP contribution < -0.4 is 0 Å². The molecule has 0 radical (unpaired) electrons. The van der Waals surface area contributed by atoms with Crippen LogP contribution >= 0.6 is 11.6 Å². The third-order valence-corrected chi connectivity index (χ3v) is 3.87. The van der Waals surface area contributed by atoms with Gasteiger partial charge in [0.05, 0.1) is 17.3 Å². The molecule has 0 spiro atoms. The van der Waals surface area contributed by atoms with E-state index in [2.05, 4.69) is 5.10 Å². The summed E-state index contributed by atoms with van der Waals surface area (Å²) in [6.07, 6.45) is 6.30. The van der Waals surface area contributed by atoms with Crippen molar-refractivity contribution in [2.75, 3.05) is 12.0 Å². The van der Waals surface area contributed by atoms with Crippen molar-refractivity contribution in [3.05, 3.63) is 18.0 Å². The number of aryl methyl sites for hydroxylation is 1. The lowest BCUT2D eigenvalue weighted by Gasteiger charge is -2.02. The molecule has 92 valence electrons. The predicted octanol–water partition coefficient (Wildman–Crippen LogP) is 2.01. The Morgan fingerprint density at radius 2 is 2.25 bits per heavy atom. The van der Waals surface area contributed by atoms with E-state index < -0.39 is 9.84 Å². The highest BCUT2D eigenvalue weighted by molar-refractivity contribution is 7.90. The van der Waals surface area contributed by atoms with Crippen molar-refractivity contribution in [1.29, 1.82) is 0 Å². The van der Waals surface area contributed by atoms with E-state index in [-0.39, 0.29) is 11.1 Å². The van der Waals surface area contributed by atoms with E-state index in [1.165, 1.54) is 6.26 Å². The maximum Gasteiger partial charge on any atom is 0.147 e. The summed E-state index contributed by atoms with van der Waals surface area (Å²) in [6.45, 7) is 2.62. The maximum absolute atomic E-state index is 10.9. The van der Waals surface area contributed by atoms with Gasteiger partial charge < -0.3 is 0 Å². The number of alkyl halides is 1. The standard InChI is InChI=1S/C10H17ClN2O2S/c1-3-10(11)9-7-12-13(8-9)5-4-6-16(2,14)15/h7-8,10H,3-6H2,1-2H3. The molecule has 0 N–H and O–H groups in total. The fraction of sp³-hybridized carbons (Fsp3) is 0.700. The number of aromatic nitrogens is 2. The predicted molar refractivity (Wildman–Crippen MR) is 65.4 cm³/mol. The van der Waals surface area contributed by atoms with Gasteiger partial charge in [-0.25, -0.2) is 8.42 Å². The van der Waals surface area contributed by atoms with Crippen molar-refractivity contribution in [2.45, 2.75) is 31.7 Å². The second kappa shape index (κ2) is 5.68. The van der Waals surface area contributed by atoms with Gasteiger partial charge in [-0.2, -0.15) is 5.10 Å². The Kier molecular flexibility index (Phi) is 4.80. The first kappa shape index (κ1) is 13.5. The summed E-state index contributed by atoms with van der Waals surface area (Å²) in [5.74, 6) is 0.195. The number of hydrogen-bond donors (Lipinski definition) is 0. The van der Waals surface area contributed by atoms with Crippen LogP contribution in [0.5, 0.6) is 0 Å². The Morgan fingerprint density at radius 3 is 2.81 bits per heavy atom. The zero-order valence-corrected chi connectivity index (χ0v) is 11.1. The van der Waals surface area contributed by atoms with Crippen LogP contribution in [0.15, 0.2) is 12.4 Å². The van der Waals surface area contributed by atoms with Crippen LogP contribution in [0.3, 0.4) is 0 Å². The van der Waals surface area contributed by atoms with Crippen LogP contribution in [0, 0.1) is 0 Å². The van der Waals surface area contributed by atoms with Gasteiger partial charge in [0, 0.05) is 24.6 Å². The summed E-state index contributed by atoms with van der Waals surface area (Å²) in [5, 5.41) is 4.13. The first-order valence-corrected chi connectivity index (χ1v) is 7.76. The summed E-state index contributed by atoms with van der Waals surface area (Å²) >= 11 is 6.06. The fourth-order valence-electron chi connectivity index (χ4n) is 1.39. The smallest absolute Gasteiger partial charge is 0.147 e. The molecular weight excluding hydrogens is 248 g/mol. The van der Waals surface area contributed by atoms with E-state index in [9.17, 15) is 8.42 Å². The largest absolute Gasteiger partial charge is 0.272 e. The quantitative estimate of drug-likeness (QED) is 0.739. The average molecular weight is 265 g/mol. The molecular formula is C10H17ClN2O2S. The van der Waals surface area contributed by atoms with Crippen molar-refractivity contribution in [1.82, 2.24) is 9.78 Å². The molecule has 0 aliphatic carbocycles. The molecule has 4 nitrogen and oxygen atoms in total. The third kappa shape index (κ3) is 4.53. The van der Waals surface area contributed by atoms with Gasteiger partial charge in [0.25, 0.3) is 0 Å². The van der Waals surface area contributed by atoms with E-state index in [1.54, 1.807) is 10.9 Å². The molecule has 1 heterocycles. The fourth-order valence-corrected chi connectivity index (χ4v) is 2.15. The number of rotatable bonds is 6. The monoisotopic (exact) mass is 264 g/mol. The third-order valence-electron chi connectivity index (χ3n) is 2.28. The number of nitrogens with zero attached hydrogens (tertiary/aromatic N) is 2. The van der Waals surface area contributed by atoms with E-state index in [1.807, 2.05) is 13.1 Å². The van der Waals surface area contributed by atoms with Gasteiger partial charge >= 0.3 is 0 Å². The van der Waals surface area contributed by atoms with Crippen LogP contribution in [-0.2, 0) is 16.4 Å². The van der Waals surface area contributed by atoms with Crippen molar-refractivity contribution >= 4 is 21.4 Å². The molecule has 0 amide bonds. The molecule has 1 rings (SSSR count). The van der Waals surface area contributed by atoms with Crippen LogP contribution in [0.2, 0.25) is 0 Å². The SMILES string of the molecule is CCC(Cl)c1cnn(CCCS(C)(=O)=O)c1. The zero-order valence-electron chi connectivity index (χ0n) is 9.56. The summed E-state index contributed by atoms with van der Waals surface area (Å²) in [5.41, 5.74) is 0.989. The zero-order chi connectivity index (χ0) is 12.2. The van der Waals surface area contributed by atoms with Gasteiger partial charge in [-0.3, -0.25) is 4.68 Å². The molecule has 16 heavy (non-hydrogen) atoms. The van der Waals surface area contributed by atoms with Crippen molar-refractivity contribution in [2.24, 2.45) is 0 Å². The Balaban J connectivity index is 2.47. The molecule has 0 aromatic carbocycles. The molecule has 1 aromatic rings. The van der Waals surface area contributed by atoms with E-state index >= 15 is 0 Å². The number of halogens is 1. The van der Waals surface area contributed by atoms with Crippen molar-refractivity contribution in [3.8, 4) is 0 Å². The minimum atomic E-state index is -2.88. The Bertz CT molecular complexity index is 428. The van der Waals surface area contributed by atoms with Gasteiger partial charge in [-0.15, -0.1) is 11.6 Å². The molecule has 0 aliphatic rings. The van der Waals surface area contributed by atoms with Crippen LogP contribution in [0.25, 0.3) is 0 Å². The Morgan fingerprint density at radius 1 is 1.56 bits per heavy atom. The Labute approximate surface area is 102 Å². The first-order chi connectivity index (χ1) is 7.42. The second-order valence-electron chi connectivity index (χ2n) is 3.90. The lowest BCUT2D eigenvalue weighted by molar-refractivity contribution is 0.576. The van der Waals surface area contributed by atoms with Gasteiger partial charge in [0.15, 0.2) is 0 Å². The normalized spacial score (nSPS) is 13.9. The van der Waals surface area contributed by atoms with Gasteiger partial charge in [-0.05, 0) is 12.8 Å². The van der Waals surface area contributed by atoms with E-state index in [4.69, 9.17) is 11.6 Å². The average Bonchev–Trinajstić information content (AvgIpc) is 2.63. The summed E-state index contributed by atoms with van der Waals surface area (Å²) in [6, 6.07) is 0. The second-order valence-corrected chi connectivity index (χ2v) is 6.68. The van der Waals surface area contributed by atoms with Crippen LogP contribution in [0.4, 0.5) is 0 Å². The van der Waals surface area contributed by atoms with Gasteiger partial charge in [0.2, 0.25) is 0 Å². The highest BCUT2D eigenvalue weighted by Crippen LogP contribution is 2.22. The van der Waals surface area contributed by atoms with Gasteiger partial charge in [-0.1, -0.05) is 6.92 Å². The molecule has 0 aliphatic heterocycles. The van der Waals surface area contributed by atoms with Crippen LogP contribution in [0.1, 0.15) is 30.7 Å². The minimum absolute atomic E-state index is 0.0105. The maximum atomic E-state index is 10.9. The highest BCUT2D eigenvalue weighted by Gasteiger charge is 2.08. The lowest BCUT2D eigenvalue weighted by Crippen LogP contribution is -2.07. The lowest BCUT2D eigenvalue weighted by atomic mass is 10.2. The molecule has 1 aromatic heterocycles. The van der Waals surface area contributed by atoms with E-state index in [0.717, 1.165) is 12.0 Å². The summed E-state index contributed by atoms with van der Waals surface area (Å²) in [7, 11) is -2.88.